The van der Waals surface area contributed by atoms with Gasteiger partial charge < -0.3 is 9.84 Å². The van der Waals surface area contributed by atoms with Crippen LogP contribution in [-0.2, 0) is 4.74 Å². The van der Waals surface area contributed by atoms with Crippen molar-refractivity contribution in [2.75, 3.05) is 7.11 Å². The van der Waals surface area contributed by atoms with Crippen molar-refractivity contribution < 1.29 is 9.84 Å². The molecule has 0 aliphatic carbocycles. The van der Waals surface area contributed by atoms with E-state index < -0.39 is 11.7 Å². The van der Waals surface area contributed by atoms with Crippen LogP contribution in [0, 0.1) is 11.8 Å². The molecule has 0 saturated heterocycles. The van der Waals surface area contributed by atoms with Gasteiger partial charge in [-0.2, -0.15) is 0 Å². The van der Waals surface area contributed by atoms with Crippen molar-refractivity contribution in [1.29, 1.82) is 0 Å². The van der Waals surface area contributed by atoms with E-state index in [1.807, 2.05) is 20.8 Å². The first kappa shape index (κ1) is 12.5. The summed E-state index contributed by atoms with van der Waals surface area (Å²) >= 11 is 0. The molecule has 0 amide bonds. The van der Waals surface area contributed by atoms with Crippen molar-refractivity contribution in [2.45, 2.75) is 51.7 Å². The first-order valence-corrected chi connectivity index (χ1v) is 4.73. The Bertz CT molecular complexity index is 184. The molecule has 0 heterocycles. The standard InChI is InChI=1S/C11H20O2/c1-5-7-8-9-10(12)11(3,6-2)13-4/h10,12H,6,8-9H2,1-4H3. The highest BCUT2D eigenvalue weighted by molar-refractivity contribution is 4.96. The van der Waals surface area contributed by atoms with Gasteiger partial charge in [0.05, 0.1) is 11.7 Å². The van der Waals surface area contributed by atoms with Gasteiger partial charge in [0, 0.05) is 13.5 Å². The molecule has 76 valence electrons. The van der Waals surface area contributed by atoms with E-state index in [4.69, 9.17) is 4.74 Å². The van der Waals surface area contributed by atoms with E-state index in [-0.39, 0.29) is 0 Å². The van der Waals surface area contributed by atoms with E-state index in [1.165, 1.54) is 0 Å². The first-order valence-electron chi connectivity index (χ1n) is 4.73. The monoisotopic (exact) mass is 184 g/mol. The van der Waals surface area contributed by atoms with E-state index in [0.717, 1.165) is 12.8 Å². The van der Waals surface area contributed by atoms with Crippen molar-refractivity contribution in [2.24, 2.45) is 0 Å². The zero-order valence-corrected chi connectivity index (χ0v) is 9.05. The SMILES string of the molecule is CC#CCCC(O)C(C)(CC)OC. The molecular weight excluding hydrogens is 164 g/mol. The Morgan fingerprint density at radius 2 is 2.15 bits per heavy atom. The summed E-state index contributed by atoms with van der Waals surface area (Å²) in [6, 6.07) is 0. The summed E-state index contributed by atoms with van der Waals surface area (Å²) in [7, 11) is 1.64. The maximum absolute atomic E-state index is 9.80. The molecular formula is C11H20O2. The van der Waals surface area contributed by atoms with Crippen LogP contribution in [0.5, 0.6) is 0 Å². The Kier molecular flexibility index (Phi) is 5.77. The van der Waals surface area contributed by atoms with Gasteiger partial charge in [0.15, 0.2) is 0 Å². The predicted molar refractivity (Wildman–Crippen MR) is 54.4 cm³/mol. The molecule has 13 heavy (non-hydrogen) atoms. The highest BCUT2D eigenvalue weighted by Gasteiger charge is 2.30. The normalized spacial score (nSPS) is 17.0. The van der Waals surface area contributed by atoms with Gasteiger partial charge in [-0.3, -0.25) is 0 Å². The number of methoxy groups -OCH3 is 1. The molecule has 0 rings (SSSR count). The zero-order chi connectivity index (χ0) is 10.3. The van der Waals surface area contributed by atoms with Crippen LogP contribution in [0.2, 0.25) is 0 Å². The van der Waals surface area contributed by atoms with E-state index in [0.29, 0.717) is 6.42 Å². The van der Waals surface area contributed by atoms with E-state index >= 15 is 0 Å². The number of ether oxygens (including phenoxy) is 1. The summed E-state index contributed by atoms with van der Waals surface area (Å²) in [5.41, 5.74) is -0.421. The molecule has 2 unspecified atom stereocenters. The maximum Gasteiger partial charge on any atom is 0.0906 e. The molecule has 0 aromatic rings. The second-order valence-electron chi connectivity index (χ2n) is 3.35. The third-order valence-corrected chi connectivity index (χ3v) is 2.59. The fourth-order valence-corrected chi connectivity index (χ4v) is 1.16. The quantitative estimate of drug-likeness (QED) is 0.662. The van der Waals surface area contributed by atoms with Crippen LogP contribution in [0.4, 0.5) is 0 Å². The number of aliphatic hydroxyl groups is 1. The van der Waals surface area contributed by atoms with E-state index in [2.05, 4.69) is 11.8 Å². The van der Waals surface area contributed by atoms with Crippen LogP contribution in [0.15, 0.2) is 0 Å². The molecule has 0 aliphatic heterocycles. The van der Waals surface area contributed by atoms with Gasteiger partial charge in [-0.05, 0) is 26.7 Å². The van der Waals surface area contributed by atoms with Crippen molar-refractivity contribution in [1.82, 2.24) is 0 Å². The first-order chi connectivity index (χ1) is 6.10. The summed E-state index contributed by atoms with van der Waals surface area (Å²) in [5.74, 6) is 5.74. The molecule has 0 radical (unpaired) electrons. The van der Waals surface area contributed by atoms with E-state index in [1.54, 1.807) is 7.11 Å². The summed E-state index contributed by atoms with van der Waals surface area (Å²) in [5, 5.41) is 9.80. The topological polar surface area (TPSA) is 29.5 Å². The third-order valence-electron chi connectivity index (χ3n) is 2.59. The number of rotatable bonds is 5. The molecule has 1 N–H and O–H groups in total. The largest absolute Gasteiger partial charge is 0.390 e. The summed E-state index contributed by atoms with van der Waals surface area (Å²) in [6.45, 7) is 5.75. The summed E-state index contributed by atoms with van der Waals surface area (Å²) in [4.78, 5) is 0. The molecule has 0 saturated carbocycles. The van der Waals surface area contributed by atoms with Crippen LogP contribution in [0.1, 0.15) is 40.0 Å². The Labute approximate surface area is 81.3 Å². The number of hydrogen-bond donors (Lipinski definition) is 1. The summed E-state index contributed by atoms with van der Waals surface area (Å²) in [6.07, 6.45) is 1.79. The molecule has 0 bridgehead atoms. The second kappa shape index (κ2) is 6.01. The predicted octanol–water partition coefficient (Wildman–Crippen LogP) is 1.97. The highest BCUT2D eigenvalue weighted by Crippen LogP contribution is 2.22. The van der Waals surface area contributed by atoms with Gasteiger partial charge in [-0.25, -0.2) is 0 Å². The minimum Gasteiger partial charge on any atom is -0.390 e. The van der Waals surface area contributed by atoms with Crippen LogP contribution < -0.4 is 0 Å². The average Bonchev–Trinajstić information content (AvgIpc) is 2.17. The van der Waals surface area contributed by atoms with Crippen LogP contribution in [-0.4, -0.2) is 23.9 Å². The molecule has 0 fully saturated rings. The van der Waals surface area contributed by atoms with Gasteiger partial charge in [0.1, 0.15) is 0 Å². The van der Waals surface area contributed by atoms with Gasteiger partial charge >= 0.3 is 0 Å². The lowest BCUT2D eigenvalue weighted by Crippen LogP contribution is -2.40. The lowest BCUT2D eigenvalue weighted by atomic mass is 9.92. The Hall–Kier alpha value is -0.520. The van der Waals surface area contributed by atoms with Crippen molar-refractivity contribution in [3.8, 4) is 11.8 Å². The number of hydrogen-bond acceptors (Lipinski definition) is 2. The Morgan fingerprint density at radius 1 is 1.54 bits per heavy atom. The number of aliphatic hydroxyl groups excluding tert-OH is 1. The second-order valence-corrected chi connectivity index (χ2v) is 3.35. The Morgan fingerprint density at radius 3 is 2.54 bits per heavy atom. The van der Waals surface area contributed by atoms with Gasteiger partial charge in [-0.1, -0.05) is 6.92 Å². The lowest BCUT2D eigenvalue weighted by Gasteiger charge is -2.31. The lowest BCUT2D eigenvalue weighted by molar-refractivity contribution is -0.0941. The average molecular weight is 184 g/mol. The van der Waals surface area contributed by atoms with Crippen LogP contribution >= 0.6 is 0 Å². The van der Waals surface area contributed by atoms with Crippen molar-refractivity contribution >= 4 is 0 Å². The van der Waals surface area contributed by atoms with Crippen molar-refractivity contribution in [3.63, 3.8) is 0 Å². The maximum atomic E-state index is 9.80. The Balaban J connectivity index is 4.03. The van der Waals surface area contributed by atoms with Crippen molar-refractivity contribution in [3.05, 3.63) is 0 Å². The van der Waals surface area contributed by atoms with Crippen LogP contribution in [0.25, 0.3) is 0 Å². The highest BCUT2D eigenvalue weighted by atomic mass is 16.5. The van der Waals surface area contributed by atoms with Gasteiger partial charge in [0.2, 0.25) is 0 Å². The fourth-order valence-electron chi connectivity index (χ4n) is 1.16. The minimum absolute atomic E-state index is 0.421. The third kappa shape index (κ3) is 3.80. The fraction of sp³-hybridized carbons (Fsp3) is 0.818. The smallest absolute Gasteiger partial charge is 0.0906 e. The van der Waals surface area contributed by atoms with E-state index in [9.17, 15) is 5.11 Å². The zero-order valence-electron chi connectivity index (χ0n) is 9.05. The molecule has 0 spiro atoms. The molecule has 2 atom stereocenters. The molecule has 0 aromatic heterocycles. The van der Waals surface area contributed by atoms with Gasteiger partial charge in [-0.15, -0.1) is 11.8 Å². The molecule has 0 aromatic carbocycles. The van der Waals surface area contributed by atoms with Crippen LogP contribution in [0.3, 0.4) is 0 Å². The molecule has 0 aliphatic rings. The van der Waals surface area contributed by atoms with Gasteiger partial charge in [0.25, 0.3) is 0 Å². The molecule has 2 heteroatoms. The molecule has 2 nitrogen and oxygen atoms in total. The minimum atomic E-state index is -0.427. The summed E-state index contributed by atoms with van der Waals surface area (Å²) < 4.78 is 5.28.